The van der Waals surface area contributed by atoms with E-state index in [0.29, 0.717) is 29.2 Å². The Morgan fingerprint density at radius 2 is 1.96 bits per heavy atom. The molecule has 0 aliphatic carbocycles. The normalized spacial score (nSPS) is 12.8. The summed E-state index contributed by atoms with van der Waals surface area (Å²) in [6.07, 6.45) is 6.23. The van der Waals surface area contributed by atoms with E-state index in [1.165, 1.54) is 6.20 Å². The molecule has 0 bridgehead atoms. The van der Waals surface area contributed by atoms with Crippen molar-refractivity contribution in [3.05, 3.63) is 83.6 Å². The lowest BCUT2D eigenvalue weighted by molar-refractivity contribution is 0.0949. The number of carbonyl (C=O) groups excluding carboxylic acids is 2. The van der Waals surface area contributed by atoms with Crippen LogP contribution in [-0.4, -0.2) is 26.8 Å². The fraction of sp³-hybridized carbons (Fsp3) is 0.105. The summed E-state index contributed by atoms with van der Waals surface area (Å²) in [6, 6.07) is 10.9. The van der Waals surface area contributed by atoms with Crippen molar-refractivity contribution in [2.45, 2.75) is 13.1 Å². The molecule has 4 rings (SSSR count). The molecule has 7 nitrogen and oxygen atoms in total. The van der Waals surface area contributed by atoms with E-state index in [4.69, 9.17) is 0 Å². The Bertz CT molecular complexity index is 957. The molecule has 128 valence electrons. The third-order valence-electron chi connectivity index (χ3n) is 4.14. The summed E-state index contributed by atoms with van der Waals surface area (Å²) in [5.74, 6) is 0.190. The number of benzene rings is 1. The van der Waals surface area contributed by atoms with Gasteiger partial charge in [0, 0.05) is 18.0 Å². The number of fused-ring (bicyclic) bond motifs is 1. The van der Waals surface area contributed by atoms with Gasteiger partial charge in [0.2, 0.25) is 0 Å². The largest absolute Gasteiger partial charge is 0.346 e. The number of rotatable bonds is 4. The first-order valence-electron chi connectivity index (χ1n) is 8.11. The number of carbonyl (C=O) groups is 2. The van der Waals surface area contributed by atoms with Crippen LogP contribution >= 0.6 is 0 Å². The molecule has 0 unspecified atom stereocenters. The topological polar surface area (TPSA) is 88.1 Å². The molecule has 0 spiro atoms. The smallest absolute Gasteiger partial charge is 0.260 e. The molecule has 3 aromatic rings. The molecule has 7 heteroatoms. The van der Waals surface area contributed by atoms with Crippen molar-refractivity contribution in [3.8, 4) is 0 Å². The zero-order valence-corrected chi connectivity index (χ0v) is 13.8. The highest BCUT2D eigenvalue weighted by molar-refractivity contribution is 6.09. The van der Waals surface area contributed by atoms with E-state index in [2.05, 4.69) is 20.3 Å². The highest BCUT2D eigenvalue weighted by Gasteiger charge is 2.28. The average Bonchev–Trinajstić information content (AvgIpc) is 3.04. The molecule has 26 heavy (non-hydrogen) atoms. The zero-order valence-electron chi connectivity index (χ0n) is 13.8. The SMILES string of the molecule is O=C(NCc1cnc(N2Cc3ccccc3C2=O)cn1)c1cccnc1. The number of nitrogens with one attached hydrogen (secondary N) is 1. The van der Waals surface area contributed by atoms with Gasteiger partial charge in [0.15, 0.2) is 5.82 Å². The van der Waals surface area contributed by atoms with Gasteiger partial charge >= 0.3 is 0 Å². The first-order chi connectivity index (χ1) is 12.7. The van der Waals surface area contributed by atoms with Crippen molar-refractivity contribution in [2.24, 2.45) is 0 Å². The molecule has 0 atom stereocenters. The molecular weight excluding hydrogens is 330 g/mol. The maximum atomic E-state index is 12.4. The summed E-state index contributed by atoms with van der Waals surface area (Å²) in [4.78, 5) is 38.6. The van der Waals surface area contributed by atoms with Crippen LogP contribution in [-0.2, 0) is 13.1 Å². The van der Waals surface area contributed by atoms with Crippen LogP contribution in [0.4, 0.5) is 5.82 Å². The van der Waals surface area contributed by atoms with Gasteiger partial charge in [0.1, 0.15) is 0 Å². The maximum Gasteiger partial charge on any atom is 0.260 e. The van der Waals surface area contributed by atoms with Gasteiger partial charge in [-0.3, -0.25) is 24.5 Å². The third-order valence-corrected chi connectivity index (χ3v) is 4.14. The summed E-state index contributed by atoms with van der Waals surface area (Å²) in [7, 11) is 0. The van der Waals surface area contributed by atoms with E-state index < -0.39 is 0 Å². The van der Waals surface area contributed by atoms with Gasteiger partial charge in [-0.1, -0.05) is 18.2 Å². The van der Waals surface area contributed by atoms with E-state index in [9.17, 15) is 9.59 Å². The van der Waals surface area contributed by atoms with Gasteiger partial charge in [-0.05, 0) is 23.8 Å². The summed E-state index contributed by atoms with van der Waals surface area (Å²) in [5, 5.41) is 2.77. The Morgan fingerprint density at radius 1 is 1.08 bits per heavy atom. The molecule has 0 fully saturated rings. The van der Waals surface area contributed by atoms with Crippen molar-refractivity contribution in [1.29, 1.82) is 0 Å². The van der Waals surface area contributed by atoms with Crippen LogP contribution in [0.15, 0.2) is 61.2 Å². The second-order valence-corrected chi connectivity index (χ2v) is 5.84. The number of amides is 2. The molecule has 0 radical (unpaired) electrons. The molecule has 2 amide bonds. The molecular formula is C19H15N5O2. The number of anilines is 1. The number of hydrogen-bond acceptors (Lipinski definition) is 5. The molecule has 1 aromatic carbocycles. The monoisotopic (exact) mass is 345 g/mol. The van der Waals surface area contributed by atoms with Crippen LogP contribution in [0.5, 0.6) is 0 Å². The predicted octanol–water partition coefficient (Wildman–Crippen LogP) is 1.96. The zero-order chi connectivity index (χ0) is 17.9. The average molecular weight is 345 g/mol. The van der Waals surface area contributed by atoms with E-state index in [1.54, 1.807) is 35.6 Å². The quantitative estimate of drug-likeness (QED) is 0.781. The minimum absolute atomic E-state index is 0.0764. The minimum atomic E-state index is -0.228. The fourth-order valence-electron chi connectivity index (χ4n) is 2.79. The lowest BCUT2D eigenvalue weighted by Crippen LogP contribution is -2.25. The predicted molar refractivity (Wildman–Crippen MR) is 94.4 cm³/mol. The van der Waals surface area contributed by atoms with Crippen LogP contribution < -0.4 is 10.2 Å². The Hall–Kier alpha value is -3.61. The molecule has 1 N–H and O–H groups in total. The summed E-state index contributed by atoms with van der Waals surface area (Å²) >= 11 is 0. The number of nitrogens with zero attached hydrogens (tertiary/aromatic N) is 4. The summed E-state index contributed by atoms with van der Waals surface area (Å²) in [5.41, 5.74) is 2.77. The standard InChI is InChI=1S/C19H15N5O2/c25-18(13-5-3-7-20-8-13)23-10-15-9-22-17(11-21-15)24-12-14-4-1-2-6-16(14)19(24)26/h1-9,11H,10,12H2,(H,23,25). The lowest BCUT2D eigenvalue weighted by atomic mass is 10.1. The van der Waals surface area contributed by atoms with Gasteiger partial charge < -0.3 is 5.32 Å². The third kappa shape index (κ3) is 3.02. The lowest BCUT2D eigenvalue weighted by Gasteiger charge is -2.14. The molecule has 0 saturated heterocycles. The number of aromatic nitrogens is 3. The molecule has 1 aliphatic rings. The van der Waals surface area contributed by atoms with Gasteiger partial charge in [0.05, 0.1) is 36.7 Å². The number of pyridine rings is 1. The van der Waals surface area contributed by atoms with Crippen molar-refractivity contribution in [1.82, 2.24) is 20.3 Å². The Morgan fingerprint density at radius 3 is 2.69 bits per heavy atom. The Labute approximate surface area is 149 Å². The highest BCUT2D eigenvalue weighted by atomic mass is 16.2. The van der Waals surface area contributed by atoms with Crippen molar-refractivity contribution in [2.75, 3.05) is 4.90 Å². The fourth-order valence-corrected chi connectivity index (χ4v) is 2.79. The second-order valence-electron chi connectivity index (χ2n) is 5.84. The molecule has 2 aromatic heterocycles. The maximum absolute atomic E-state index is 12.4. The Kier molecular flexibility index (Phi) is 4.10. The first kappa shape index (κ1) is 15.9. The Balaban J connectivity index is 1.42. The summed E-state index contributed by atoms with van der Waals surface area (Å²) in [6.45, 7) is 0.732. The summed E-state index contributed by atoms with van der Waals surface area (Å²) < 4.78 is 0. The van der Waals surface area contributed by atoms with Crippen molar-refractivity contribution < 1.29 is 9.59 Å². The van der Waals surface area contributed by atoms with E-state index >= 15 is 0 Å². The minimum Gasteiger partial charge on any atom is -0.346 e. The van der Waals surface area contributed by atoms with Crippen LogP contribution in [0, 0.1) is 0 Å². The molecule has 3 heterocycles. The van der Waals surface area contributed by atoms with Gasteiger partial charge in [-0.2, -0.15) is 0 Å². The van der Waals surface area contributed by atoms with Gasteiger partial charge in [-0.15, -0.1) is 0 Å². The highest BCUT2D eigenvalue weighted by Crippen LogP contribution is 2.26. The number of hydrogen-bond donors (Lipinski definition) is 1. The first-order valence-corrected chi connectivity index (χ1v) is 8.11. The van der Waals surface area contributed by atoms with Crippen LogP contribution in [0.2, 0.25) is 0 Å². The van der Waals surface area contributed by atoms with E-state index in [0.717, 1.165) is 5.56 Å². The second kappa shape index (κ2) is 6.72. The van der Waals surface area contributed by atoms with Gasteiger partial charge in [0.25, 0.3) is 11.8 Å². The van der Waals surface area contributed by atoms with E-state index in [-0.39, 0.29) is 18.4 Å². The molecule has 1 aliphatic heterocycles. The van der Waals surface area contributed by atoms with Crippen LogP contribution in [0.25, 0.3) is 0 Å². The van der Waals surface area contributed by atoms with E-state index in [1.807, 2.05) is 24.3 Å². The van der Waals surface area contributed by atoms with Crippen molar-refractivity contribution in [3.63, 3.8) is 0 Å². The van der Waals surface area contributed by atoms with Gasteiger partial charge in [-0.25, -0.2) is 4.98 Å². The van der Waals surface area contributed by atoms with Crippen LogP contribution in [0.3, 0.4) is 0 Å². The van der Waals surface area contributed by atoms with Crippen LogP contribution in [0.1, 0.15) is 32.0 Å². The van der Waals surface area contributed by atoms with Crippen molar-refractivity contribution >= 4 is 17.6 Å². The molecule has 0 saturated carbocycles.